The van der Waals surface area contributed by atoms with E-state index in [-0.39, 0.29) is 11.7 Å². The Hall–Kier alpha value is -4.63. The first-order chi connectivity index (χ1) is 20.7. The number of carbonyl (C=O) groups is 2. The van der Waals surface area contributed by atoms with E-state index in [9.17, 15) is 14.4 Å². The third-order valence-electron chi connectivity index (χ3n) is 7.99. The second-order valence-electron chi connectivity index (χ2n) is 10.9. The standard InChI is InChI=1S/C30H36N4O.C4H4O4/c1-23-21-28-29(22-24(23)2)34(30(35)31(28)3)27-15-19-32(20-16-27)17-10-18-33(25-11-6-4-7-12-25)26-13-8-5-9-14-26;5-3(6)1-2-4(7)8/h4-9,11-14,21-22,27H,10,15-20H2,1-3H3;1-2H,(H,5,6)(H,7,8). The number of anilines is 2. The number of likely N-dealkylation sites (tertiary alicyclic amines) is 1. The molecule has 43 heavy (non-hydrogen) atoms. The van der Waals surface area contributed by atoms with Gasteiger partial charge >= 0.3 is 17.6 Å². The molecule has 0 radical (unpaired) electrons. The van der Waals surface area contributed by atoms with Crippen molar-refractivity contribution >= 4 is 34.3 Å². The zero-order valence-electron chi connectivity index (χ0n) is 25.0. The fourth-order valence-electron chi connectivity index (χ4n) is 5.59. The van der Waals surface area contributed by atoms with Gasteiger partial charge in [0.25, 0.3) is 0 Å². The molecule has 0 unspecified atom stereocenters. The first-order valence-corrected chi connectivity index (χ1v) is 14.6. The molecule has 0 amide bonds. The molecule has 1 aliphatic rings. The van der Waals surface area contributed by atoms with Gasteiger partial charge in [-0.3, -0.25) is 9.13 Å². The van der Waals surface area contributed by atoms with Crippen molar-refractivity contribution < 1.29 is 19.8 Å². The van der Waals surface area contributed by atoms with E-state index in [1.165, 1.54) is 22.5 Å². The van der Waals surface area contributed by atoms with Gasteiger partial charge in [0.05, 0.1) is 11.0 Å². The Morgan fingerprint density at radius 3 is 1.81 bits per heavy atom. The molecular formula is C34H40N4O5. The summed E-state index contributed by atoms with van der Waals surface area (Å²) in [4.78, 5) is 37.2. The maximum atomic E-state index is 13.1. The highest BCUT2D eigenvalue weighted by molar-refractivity contribution is 5.89. The van der Waals surface area contributed by atoms with Gasteiger partial charge in [-0.25, -0.2) is 14.4 Å². The van der Waals surface area contributed by atoms with E-state index in [2.05, 4.69) is 101 Å². The van der Waals surface area contributed by atoms with Crippen LogP contribution in [-0.2, 0) is 16.6 Å². The van der Waals surface area contributed by atoms with Crippen molar-refractivity contribution in [2.75, 3.05) is 31.1 Å². The van der Waals surface area contributed by atoms with Crippen LogP contribution in [-0.4, -0.2) is 62.4 Å². The third kappa shape index (κ3) is 8.02. The zero-order chi connectivity index (χ0) is 30.9. The van der Waals surface area contributed by atoms with E-state index in [4.69, 9.17) is 10.2 Å². The Labute approximate surface area is 251 Å². The molecule has 9 heteroatoms. The minimum absolute atomic E-state index is 0.116. The molecule has 2 N–H and O–H groups in total. The van der Waals surface area contributed by atoms with Crippen LogP contribution >= 0.6 is 0 Å². The lowest BCUT2D eigenvalue weighted by Gasteiger charge is -2.33. The Morgan fingerprint density at radius 2 is 1.33 bits per heavy atom. The minimum atomic E-state index is -1.26. The fraction of sp³-hybridized carbons (Fsp3) is 0.324. The summed E-state index contributed by atoms with van der Waals surface area (Å²) in [5, 5.41) is 15.6. The molecule has 0 atom stereocenters. The number of carboxylic acid groups (broad SMARTS) is 2. The normalized spacial score (nSPS) is 14.0. The highest BCUT2D eigenvalue weighted by Gasteiger charge is 2.25. The number of fused-ring (bicyclic) bond motifs is 1. The molecule has 4 aromatic rings. The summed E-state index contributed by atoms with van der Waals surface area (Å²) in [6.07, 6.45) is 4.26. The molecule has 9 nitrogen and oxygen atoms in total. The van der Waals surface area contributed by atoms with Gasteiger partial charge in [0.15, 0.2) is 0 Å². The maximum Gasteiger partial charge on any atom is 0.329 e. The number of rotatable bonds is 9. The molecule has 2 heterocycles. The monoisotopic (exact) mass is 584 g/mol. The molecule has 5 rings (SSSR count). The number of hydrogen-bond acceptors (Lipinski definition) is 5. The number of imidazole rings is 1. The van der Waals surface area contributed by atoms with Crippen molar-refractivity contribution in [3.05, 3.63) is 107 Å². The average Bonchev–Trinajstić information content (AvgIpc) is 3.24. The van der Waals surface area contributed by atoms with Crippen molar-refractivity contribution in [1.29, 1.82) is 0 Å². The lowest BCUT2D eigenvalue weighted by molar-refractivity contribution is -0.134. The van der Waals surface area contributed by atoms with Gasteiger partial charge in [0.2, 0.25) is 0 Å². The summed E-state index contributed by atoms with van der Waals surface area (Å²) in [6.45, 7) is 8.38. The zero-order valence-corrected chi connectivity index (χ0v) is 25.0. The van der Waals surface area contributed by atoms with Crippen LogP contribution in [0, 0.1) is 13.8 Å². The number of aryl methyl sites for hydroxylation is 3. The molecule has 1 aromatic heterocycles. The quantitative estimate of drug-likeness (QED) is 0.249. The fourth-order valence-corrected chi connectivity index (χ4v) is 5.59. The number of para-hydroxylation sites is 2. The van der Waals surface area contributed by atoms with Crippen molar-refractivity contribution in [1.82, 2.24) is 14.0 Å². The molecular weight excluding hydrogens is 544 g/mol. The van der Waals surface area contributed by atoms with Gasteiger partial charge in [-0.15, -0.1) is 0 Å². The molecule has 0 bridgehead atoms. The third-order valence-corrected chi connectivity index (χ3v) is 7.99. The Kier molecular flexibility index (Phi) is 10.6. The minimum Gasteiger partial charge on any atom is -0.478 e. The maximum absolute atomic E-state index is 13.1. The van der Waals surface area contributed by atoms with Crippen molar-refractivity contribution in [3.63, 3.8) is 0 Å². The van der Waals surface area contributed by atoms with Crippen LogP contribution in [0.25, 0.3) is 11.0 Å². The summed E-state index contributed by atoms with van der Waals surface area (Å²) in [5.74, 6) is -2.51. The summed E-state index contributed by atoms with van der Waals surface area (Å²) < 4.78 is 3.88. The van der Waals surface area contributed by atoms with Crippen molar-refractivity contribution in [3.8, 4) is 0 Å². The summed E-state index contributed by atoms with van der Waals surface area (Å²) in [5.41, 5.74) is 7.19. The topological polar surface area (TPSA) is 108 Å². The first-order valence-electron chi connectivity index (χ1n) is 14.6. The lowest BCUT2D eigenvalue weighted by atomic mass is 10.0. The molecule has 0 saturated carbocycles. The largest absolute Gasteiger partial charge is 0.478 e. The number of piperidine rings is 1. The predicted molar refractivity (Wildman–Crippen MR) is 170 cm³/mol. The summed E-state index contributed by atoms with van der Waals surface area (Å²) >= 11 is 0. The van der Waals surface area contributed by atoms with Gasteiger partial charge in [0, 0.05) is 56.3 Å². The van der Waals surface area contributed by atoms with Crippen LogP contribution in [0.5, 0.6) is 0 Å². The molecule has 0 spiro atoms. The molecule has 3 aromatic carbocycles. The molecule has 1 aliphatic heterocycles. The van der Waals surface area contributed by atoms with E-state index in [0.29, 0.717) is 12.2 Å². The number of hydrogen-bond donors (Lipinski definition) is 2. The molecule has 226 valence electrons. The van der Waals surface area contributed by atoms with E-state index >= 15 is 0 Å². The van der Waals surface area contributed by atoms with Crippen LogP contribution in [0.15, 0.2) is 89.7 Å². The first kappa shape index (κ1) is 31.3. The number of carboxylic acids is 2. The number of aromatic nitrogens is 2. The molecule has 0 aliphatic carbocycles. The van der Waals surface area contributed by atoms with E-state index in [1.807, 2.05) is 11.6 Å². The van der Waals surface area contributed by atoms with Gasteiger partial charge in [-0.2, -0.15) is 0 Å². The van der Waals surface area contributed by atoms with Crippen LogP contribution in [0.2, 0.25) is 0 Å². The summed E-state index contributed by atoms with van der Waals surface area (Å²) in [7, 11) is 1.90. The van der Waals surface area contributed by atoms with Crippen LogP contribution < -0.4 is 10.6 Å². The Bertz CT molecular complexity index is 1560. The van der Waals surface area contributed by atoms with Gasteiger partial charge in [-0.1, -0.05) is 36.4 Å². The van der Waals surface area contributed by atoms with Crippen LogP contribution in [0.4, 0.5) is 11.4 Å². The highest BCUT2D eigenvalue weighted by atomic mass is 16.4. The van der Waals surface area contributed by atoms with Crippen LogP contribution in [0.1, 0.15) is 36.4 Å². The Morgan fingerprint density at radius 1 is 0.837 bits per heavy atom. The molecule has 1 saturated heterocycles. The van der Waals surface area contributed by atoms with E-state index in [1.54, 1.807) is 0 Å². The molecule has 1 fully saturated rings. The summed E-state index contributed by atoms with van der Waals surface area (Å²) in [6, 6.07) is 25.9. The Balaban J connectivity index is 0.000000467. The van der Waals surface area contributed by atoms with E-state index < -0.39 is 11.9 Å². The van der Waals surface area contributed by atoms with Gasteiger partial charge in [-0.05, 0) is 87.2 Å². The number of nitrogens with zero attached hydrogens (tertiary/aromatic N) is 4. The van der Waals surface area contributed by atoms with Crippen LogP contribution in [0.3, 0.4) is 0 Å². The van der Waals surface area contributed by atoms with Crippen molar-refractivity contribution in [2.45, 2.75) is 39.2 Å². The highest BCUT2D eigenvalue weighted by Crippen LogP contribution is 2.28. The van der Waals surface area contributed by atoms with Crippen molar-refractivity contribution in [2.24, 2.45) is 7.05 Å². The number of aliphatic carboxylic acids is 2. The smallest absolute Gasteiger partial charge is 0.329 e. The SMILES string of the molecule is Cc1cc2c(cc1C)n(C1CCN(CCCN(c3ccccc3)c3ccccc3)CC1)c(=O)n2C.O=C(O)C=CC(=O)O. The van der Waals surface area contributed by atoms with E-state index in [0.717, 1.165) is 56.5 Å². The average molecular weight is 585 g/mol. The number of benzene rings is 3. The van der Waals surface area contributed by atoms with Gasteiger partial charge < -0.3 is 20.0 Å². The predicted octanol–water partition coefficient (Wildman–Crippen LogP) is 5.53. The lowest BCUT2D eigenvalue weighted by Crippen LogP contribution is -2.38. The second kappa shape index (κ2) is 14.5. The van der Waals surface area contributed by atoms with Gasteiger partial charge in [0.1, 0.15) is 0 Å². The second-order valence-corrected chi connectivity index (χ2v) is 10.9.